The Bertz CT molecular complexity index is 831. The molecule has 2 aromatic rings. The van der Waals surface area contributed by atoms with Crippen molar-refractivity contribution in [3.05, 3.63) is 64.0 Å². The maximum atomic E-state index is 11.8. The molecule has 1 heterocycles. The molecule has 6 heteroatoms. The van der Waals surface area contributed by atoms with Gasteiger partial charge < -0.3 is 10.2 Å². The average Bonchev–Trinajstić information content (AvgIpc) is 2.68. The summed E-state index contributed by atoms with van der Waals surface area (Å²) in [6, 6.07) is 6.36. The highest BCUT2D eigenvalue weighted by Crippen LogP contribution is 2.42. The molecule has 1 atom stereocenters. The second-order valence-electron chi connectivity index (χ2n) is 8.70. The van der Waals surface area contributed by atoms with E-state index in [0.717, 1.165) is 53.1 Å². The summed E-state index contributed by atoms with van der Waals surface area (Å²) in [5, 5.41) is 20.0. The number of aliphatic hydroxyl groups is 2. The number of rotatable bonds is 2. The van der Waals surface area contributed by atoms with Gasteiger partial charge in [0.2, 0.25) is 0 Å². The third kappa shape index (κ3) is 7.04. The number of halogens is 3. The van der Waals surface area contributed by atoms with E-state index in [9.17, 15) is 23.4 Å². The molecule has 31 heavy (non-hydrogen) atoms. The van der Waals surface area contributed by atoms with Crippen molar-refractivity contribution in [3.8, 4) is 0 Å². The van der Waals surface area contributed by atoms with Crippen molar-refractivity contribution in [2.75, 3.05) is 0 Å². The molecule has 0 spiro atoms. The van der Waals surface area contributed by atoms with Gasteiger partial charge in [-0.15, -0.1) is 0 Å². The van der Waals surface area contributed by atoms with Crippen LogP contribution in [0.2, 0.25) is 0 Å². The minimum absolute atomic E-state index is 0.00423. The van der Waals surface area contributed by atoms with Gasteiger partial charge in [-0.2, -0.15) is 13.2 Å². The zero-order valence-corrected chi connectivity index (χ0v) is 19.6. The van der Waals surface area contributed by atoms with Crippen molar-refractivity contribution in [3.63, 3.8) is 0 Å². The summed E-state index contributed by atoms with van der Waals surface area (Å²) in [6.07, 6.45) is -3.01. The van der Waals surface area contributed by atoms with Gasteiger partial charge in [0.1, 0.15) is 0 Å². The van der Waals surface area contributed by atoms with Gasteiger partial charge in [0.15, 0.2) is 0 Å². The van der Waals surface area contributed by atoms with Crippen molar-refractivity contribution in [2.24, 2.45) is 5.41 Å². The first-order valence-electron chi connectivity index (χ1n) is 10.8. The van der Waals surface area contributed by atoms with E-state index in [1.165, 1.54) is 12.1 Å². The van der Waals surface area contributed by atoms with E-state index in [2.05, 4.69) is 27.7 Å². The summed E-state index contributed by atoms with van der Waals surface area (Å²) in [4.78, 5) is 4.77. The summed E-state index contributed by atoms with van der Waals surface area (Å²) in [6.45, 7) is 14.5. The van der Waals surface area contributed by atoms with Crippen LogP contribution in [0, 0.1) is 12.3 Å². The van der Waals surface area contributed by atoms with E-state index >= 15 is 0 Å². The highest BCUT2D eigenvalue weighted by molar-refractivity contribution is 5.43. The van der Waals surface area contributed by atoms with Crippen LogP contribution in [-0.2, 0) is 19.2 Å². The molecule has 174 valence electrons. The predicted octanol–water partition coefficient (Wildman–Crippen LogP) is 6.74. The SMILES string of the molecule is CC.Cc1c(CO)c(C(C)C)nc2c1C(O)CC(C)(C)C2.FC(F)(F)c1ccccc1. The standard InChI is InChI=1S/C16H25NO2.C7H5F3.C2H6/c1-9(2)15-11(8-18)10(3)14-12(17-15)6-16(4,5)7-13(14)19;8-7(9,10)6-4-2-1-3-5-6;1-2/h9,13,18-19H,6-8H2,1-5H3;1-5H;1-2H3. The zero-order valence-electron chi connectivity index (χ0n) is 19.6. The number of alkyl halides is 3. The lowest BCUT2D eigenvalue weighted by Gasteiger charge is -2.36. The van der Waals surface area contributed by atoms with Gasteiger partial charge in [-0.3, -0.25) is 4.98 Å². The van der Waals surface area contributed by atoms with Gasteiger partial charge in [-0.1, -0.05) is 71.9 Å². The second kappa shape index (κ2) is 11.1. The Hall–Kier alpha value is -1.92. The third-order valence-electron chi connectivity index (χ3n) is 5.26. The predicted molar refractivity (Wildman–Crippen MR) is 119 cm³/mol. The highest BCUT2D eigenvalue weighted by atomic mass is 19.4. The van der Waals surface area contributed by atoms with Crippen molar-refractivity contribution in [1.82, 2.24) is 4.98 Å². The third-order valence-corrected chi connectivity index (χ3v) is 5.26. The average molecular weight is 440 g/mol. The van der Waals surface area contributed by atoms with Crippen LogP contribution in [0.1, 0.15) is 93.6 Å². The molecule has 0 amide bonds. The molecule has 1 aliphatic rings. The number of aliphatic hydroxyl groups excluding tert-OH is 2. The maximum Gasteiger partial charge on any atom is 0.416 e. The first-order valence-corrected chi connectivity index (χ1v) is 10.8. The van der Waals surface area contributed by atoms with E-state index in [1.54, 1.807) is 6.07 Å². The molecule has 1 unspecified atom stereocenters. The molecule has 1 aromatic carbocycles. The lowest BCUT2D eigenvalue weighted by Crippen LogP contribution is -2.28. The number of hydrogen-bond acceptors (Lipinski definition) is 3. The summed E-state index contributed by atoms with van der Waals surface area (Å²) < 4.78 is 35.4. The Morgan fingerprint density at radius 3 is 2.10 bits per heavy atom. The number of pyridine rings is 1. The van der Waals surface area contributed by atoms with E-state index in [-0.39, 0.29) is 17.9 Å². The highest BCUT2D eigenvalue weighted by Gasteiger charge is 2.34. The minimum Gasteiger partial charge on any atom is -0.392 e. The van der Waals surface area contributed by atoms with Crippen LogP contribution >= 0.6 is 0 Å². The van der Waals surface area contributed by atoms with Gasteiger partial charge >= 0.3 is 6.18 Å². The van der Waals surface area contributed by atoms with Crippen LogP contribution < -0.4 is 0 Å². The van der Waals surface area contributed by atoms with Crippen LogP contribution in [0.3, 0.4) is 0 Å². The van der Waals surface area contributed by atoms with E-state index in [1.807, 2.05) is 20.8 Å². The Balaban J connectivity index is 0.000000337. The van der Waals surface area contributed by atoms with Crippen molar-refractivity contribution >= 4 is 0 Å². The van der Waals surface area contributed by atoms with Crippen LogP contribution in [-0.4, -0.2) is 15.2 Å². The molecule has 0 aliphatic heterocycles. The minimum atomic E-state index is -4.21. The van der Waals surface area contributed by atoms with Crippen LogP contribution in [0.4, 0.5) is 13.2 Å². The monoisotopic (exact) mass is 439 g/mol. The Kier molecular flexibility index (Phi) is 9.70. The molecule has 1 aliphatic carbocycles. The smallest absolute Gasteiger partial charge is 0.392 e. The van der Waals surface area contributed by atoms with E-state index in [4.69, 9.17) is 4.98 Å². The first kappa shape index (κ1) is 27.1. The Labute approximate surface area is 184 Å². The van der Waals surface area contributed by atoms with Gasteiger partial charge in [0.25, 0.3) is 0 Å². The molecule has 0 bridgehead atoms. The molecule has 3 nitrogen and oxygen atoms in total. The van der Waals surface area contributed by atoms with Crippen LogP contribution in [0.15, 0.2) is 30.3 Å². The molecule has 2 N–H and O–H groups in total. The molecule has 0 saturated carbocycles. The number of aromatic nitrogens is 1. The van der Waals surface area contributed by atoms with Gasteiger partial charge in [0, 0.05) is 22.5 Å². The Morgan fingerprint density at radius 1 is 1.13 bits per heavy atom. The molecule has 3 rings (SSSR count). The number of benzene rings is 1. The summed E-state index contributed by atoms with van der Waals surface area (Å²) in [7, 11) is 0. The fraction of sp³-hybridized carbons (Fsp3) is 0.560. The van der Waals surface area contributed by atoms with Crippen molar-refractivity contribution < 1.29 is 23.4 Å². The van der Waals surface area contributed by atoms with Crippen molar-refractivity contribution in [1.29, 1.82) is 0 Å². The fourth-order valence-corrected chi connectivity index (χ4v) is 3.88. The fourth-order valence-electron chi connectivity index (χ4n) is 3.88. The number of hydrogen-bond donors (Lipinski definition) is 2. The summed E-state index contributed by atoms with van der Waals surface area (Å²) in [5.41, 5.74) is 4.35. The van der Waals surface area contributed by atoms with Crippen LogP contribution in [0.5, 0.6) is 0 Å². The maximum absolute atomic E-state index is 11.8. The topological polar surface area (TPSA) is 53.4 Å². The lowest BCUT2D eigenvalue weighted by molar-refractivity contribution is -0.137. The largest absolute Gasteiger partial charge is 0.416 e. The molecule has 1 aromatic heterocycles. The van der Waals surface area contributed by atoms with Gasteiger partial charge in [0.05, 0.1) is 18.3 Å². The summed E-state index contributed by atoms with van der Waals surface area (Å²) in [5.74, 6) is 0.285. The molecule has 0 fully saturated rings. The van der Waals surface area contributed by atoms with Crippen LogP contribution in [0.25, 0.3) is 0 Å². The summed E-state index contributed by atoms with van der Waals surface area (Å²) >= 11 is 0. The van der Waals surface area contributed by atoms with Gasteiger partial charge in [-0.25, -0.2) is 0 Å². The number of nitrogens with zero attached hydrogens (tertiary/aromatic N) is 1. The van der Waals surface area contributed by atoms with E-state index in [0.29, 0.717) is 0 Å². The molecular weight excluding hydrogens is 403 g/mol. The lowest BCUT2D eigenvalue weighted by atomic mass is 9.73. The normalized spacial score (nSPS) is 17.1. The quantitative estimate of drug-likeness (QED) is 0.545. The first-order chi connectivity index (χ1) is 14.4. The van der Waals surface area contributed by atoms with Crippen molar-refractivity contribution in [2.45, 2.75) is 86.1 Å². The van der Waals surface area contributed by atoms with E-state index < -0.39 is 17.8 Å². The molecular formula is C25H36F3NO2. The van der Waals surface area contributed by atoms with Gasteiger partial charge in [-0.05, 0) is 36.7 Å². The zero-order chi connectivity index (χ0) is 24.0. The number of fused-ring (bicyclic) bond motifs is 1. The molecule has 0 radical (unpaired) electrons. The second-order valence-corrected chi connectivity index (χ2v) is 8.70. The molecule has 0 saturated heterocycles. The Morgan fingerprint density at radius 2 is 1.68 bits per heavy atom.